The molecule has 0 aliphatic rings. The molecule has 0 aliphatic heterocycles. The average Bonchev–Trinajstić information content (AvgIpc) is 3.01. The van der Waals surface area contributed by atoms with Gasteiger partial charge in [0.25, 0.3) is 11.8 Å². The molecule has 6 nitrogen and oxygen atoms in total. The van der Waals surface area contributed by atoms with Crippen LogP contribution in [0.1, 0.15) is 60.2 Å². The van der Waals surface area contributed by atoms with Crippen LogP contribution < -0.4 is 16.0 Å². The second kappa shape index (κ2) is 15.0. The van der Waals surface area contributed by atoms with E-state index in [9.17, 15) is 14.4 Å². The molecule has 0 heterocycles. The van der Waals surface area contributed by atoms with Crippen LogP contribution in [0.4, 0.5) is 11.4 Å². The zero-order valence-electron chi connectivity index (χ0n) is 24.9. The first-order chi connectivity index (χ1) is 20.7. The van der Waals surface area contributed by atoms with Crippen molar-refractivity contribution in [3.8, 4) is 0 Å². The number of carbonyl (C=O) groups excluding carboxylic acids is 3. The summed E-state index contributed by atoms with van der Waals surface area (Å²) in [7, 11) is 0. The molecule has 3 N–H and O–H groups in total. The third-order valence-electron chi connectivity index (χ3n) is 6.90. The van der Waals surface area contributed by atoms with Crippen LogP contribution in [0.3, 0.4) is 0 Å². The Kier molecular flexibility index (Phi) is 10.9. The number of aryl methyl sites for hydroxylation is 1. The van der Waals surface area contributed by atoms with E-state index in [4.69, 9.17) is 0 Å². The number of carbonyl (C=O) groups is 3. The molecule has 0 aliphatic carbocycles. The van der Waals surface area contributed by atoms with E-state index in [1.54, 1.807) is 36.4 Å². The van der Waals surface area contributed by atoms with Gasteiger partial charge in [0.2, 0.25) is 5.91 Å². The maximum atomic E-state index is 13.5. The number of thioether (sulfide) groups is 1. The van der Waals surface area contributed by atoms with Crippen LogP contribution in [0.25, 0.3) is 6.08 Å². The molecule has 3 amide bonds. The highest BCUT2D eigenvalue weighted by Crippen LogP contribution is 2.29. The van der Waals surface area contributed by atoms with Crippen molar-refractivity contribution in [3.05, 3.63) is 131 Å². The molecule has 0 radical (unpaired) electrons. The van der Waals surface area contributed by atoms with Crippen LogP contribution in [0.5, 0.6) is 0 Å². The highest BCUT2D eigenvalue weighted by molar-refractivity contribution is 8.00. The van der Waals surface area contributed by atoms with Crippen molar-refractivity contribution in [2.75, 3.05) is 10.6 Å². The molecule has 0 saturated heterocycles. The second-order valence-electron chi connectivity index (χ2n) is 10.5. The predicted octanol–water partition coefficient (Wildman–Crippen LogP) is 8.04. The van der Waals surface area contributed by atoms with E-state index in [2.05, 4.69) is 29.8 Å². The molecule has 0 spiro atoms. The fourth-order valence-corrected chi connectivity index (χ4v) is 5.37. The summed E-state index contributed by atoms with van der Waals surface area (Å²) in [5, 5.41) is 8.40. The maximum absolute atomic E-state index is 13.5. The van der Waals surface area contributed by atoms with Gasteiger partial charge in [-0.2, -0.15) is 0 Å². The zero-order chi connectivity index (χ0) is 30.8. The lowest BCUT2D eigenvalue weighted by Crippen LogP contribution is -2.30. The molecular formula is C36H37N3O3S. The number of hydrogen-bond acceptors (Lipinski definition) is 4. The minimum absolute atomic E-state index is 0.0775. The first-order valence-electron chi connectivity index (χ1n) is 14.4. The summed E-state index contributed by atoms with van der Waals surface area (Å²) in [4.78, 5) is 40.4. The van der Waals surface area contributed by atoms with Gasteiger partial charge in [0.05, 0.1) is 5.25 Å². The van der Waals surface area contributed by atoms with Crippen LogP contribution in [0.2, 0.25) is 0 Å². The highest BCUT2D eigenvalue weighted by atomic mass is 32.2. The monoisotopic (exact) mass is 591 g/mol. The van der Waals surface area contributed by atoms with E-state index in [1.807, 2.05) is 86.6 Å². The third kappa shape index (κ3) is 8.93. The number of amides is 3. The molecule has 220 valence electrons. The summed E-state index contributed by atoms with van der Waals surface area (Å²) < 4.78 is 0. The van der Waals surface area contributed by atoms with Crippen molar-refractivity contribution in [3.63, 3.8) is 0 Å². The van der Waals surface area contributed by atoms with Gasteiger partial charge in [0, 0.05) is 21.8 Å². The van der Waals surface area contributed by atoms with E-state index in [-0.39, 0.29) is 22.8 Å². The van der Waals surface area contributed by atoms with Crippen molar-refractivity contribution in [2.24, 2.45) is 0 Å². The van der Waals surface area contributed by atoms with Gasteiger partial charge in [0.1, 0.15) is 5.70 Å². The largest absolute Gasteiger partial charge is 0.325 e. The van der Waals surface area contributed by atoms with Gasteiger partial charge in [-0.1, -0.05) is 81.4 Å². The van der Waals surface area contributed by atoms with Gasteiger partial charge in [-0.15, -0.1) is 11.8 Å². The molecule has 1 atom stereocenters. The summed E-state index contributed by atoms with van der Waals surface area (Å²) in [6.45, 7) is 8.19. The first kappa shape index (κ1) is 31.3. The third-order valence-corrected chi connectivity index (χ3v) is 8.25. The van der Waals surface area contributed by atoms with Crippen molar-refractivity contribution in [2.45, 2.75) is 50.2 Å². The van der Waals surface area contributed by atoms with E-state index in [0.717, 1.165) is 21.7 Å². The quantitative estimate of drug-likeness (QED) is 0.122. The number of rotatable bonds is 11. The molecule has 0 bridgehead atoms. The minimum atomic E-state index is -0.454. The highest BCUT2D eigenvalue weighted by Gasteiger charge is 2.20. The zero-order valence-corrected chi connectivity index (χ0v) is 25.7. The van der Waals surface area contributed by atoms with E-state index in [0.29, 0.717) is 23.6 Å². The topological polar surface area (TPSA) is 87.3 Å². The Bertz CT molecular complexity index is 1600. The molecule has 4 rings (SSSR count). The number of benzene rings is 4. The van der Waals surface area contributed by atoms with Gasteiger partial charge in [-0.05, 0) is 84.5 Å². The standard InChI is InChI=1S/C36H37N3O3S/c1-5-33(36(42)37-29-20-18-26(19-21-29)24(2)3)43-31-17-11-16-30(23-31)38-35(41)32(22-28-15-10-9-12-25(28)4)39-34(40)27-13-7-6-8-14-27/h6-24,33H,5H2,1-4H3,(H,37,42)(H,38,41)(H,39,40)/b32-22-. The Morgan fingerprint density at radius 3 is 2.16 bits per heavy atom. The van der Waals surface area contributed by atoms with Crippen LogP contribution in [-0.2, 0) is 9.59 Å². The fourth-order valence-electron chi connectivity index (χ4n) is 4.35. The van der Waals surface area contributed by atoms with Crippen LogP contribution >= 0.6 is 11.8 Å². The molecule has 4 aromatic carbocycles. The smallest absolute Gasteiger partial charge is 0.272 e. The Morgan fingerprint density at radius 1 is 0.791 bits per heavy atom. The summed E-state index contributed by atoms with van der Waals surface area (Å²) in [6, 6.07) is 31.7. The van der Waals surface area contributed by atoms with Gasteiger partial charge in [-0.25, -0.2) is 0 Å². The Morgan fingerprint density at radius 2 is 1.49 bits per heavy atom. The van der Waals surface area contributed by atoms with Crippen molar-refractivity contribution >= 4 is 46.9 Å². The lowest BCUT2D eigenvalue weighted by molar-refractivity contribution is -0.116. The normalized spacial score (nSPS) is 12.0. The Labute approximate surface area is 258 Å². The molecule has 1 unspecified atom stereocenters. The van der Waals surface area contributed by atoms with Crippen LogP contribution in [0, 0.1) is 6.92 Å². The molecule has 0 aromatic heterocycles. The lowest BCUT2D eigenvalue weighted by Gasteiger charge is -2.16. The number of hydrogen-bond donors (Lipinski definition) is 3. The SMILES string of the molecule is CCC(Sc1cccc(NC(=O)/C(=C/c2ccccc2C)NC(=O)c2ccccc2)c1)C(=O)Nc1ccc(C(C)C)cc1. The molecular weight excluding hydrogens is 554 g/mol. The van der Waals surface area contributed by atoms with Crippen molar-refractivity contribution < 1.29 is 14.4 Å². The van der Waals surface area contributed by atoms with Gasteiger partial charge >= 0.3 is 0 Å². The fraction of sp³-hybridized carbons (Fsp3) is 0.194. The number of nitrogens with one attached hydrogen (secondary N) is 3. The second-order valence-corrected chi connectivity index (χ2v) is 11.8. The maximum Gasteiger partial charge on any atom is 0.272 e. The Balaban J connectivity index is 1.48. The van der Waals surface area contributed by atoms with Gasteiger partial charge in [-0.3, -0.25) is 14.4 Å². The predicted molar refractivity (Wildman–Crippen MR) is 177 cm³/mol. The molecule has 43 heavy (non-hydrogen) atoms. The summed E-state index contributed by atoms with van der Waals surface area (Å²) in [6.07, 6.45) is 2.31. The lowest BCUT2D eigenvalue weighted by atomic mass is 10.0. The van der Waals surface area contributed by atoms with Crippen molar-refractivity contribution in [1.82, 2.24) is 5.32 Å². The minimum Gasteiger partial charge on any atom is -0.325 e. The van der Waals surface area contributed by atoms with Gasteiger partial charge < -0.3 is 16.0 Å². The van der Waals surface area contributed by atoms with Gasteiger partial charge in [0.15, 0.2) is 0 Å². The number of anilines is 2. The molecule has 7 heteroatoms. The molecule has 4 aromatic rings. The first-order valence-corrected chi connectivity index (χ1v) is 15.2. The van der Waals surface area contributed by atoms with E-state index < -0.39 is 5.91 Å². The van der Waals surface area contributed by atoms with Crippen LogP contribution in [-0.4, -0.2) is 23.0 Å². The van der Waals surface area contributed by atoms with Crippen LogP contribution in [0.15, 0.2) is 114 Å². The van der Waals surface area contributed by atoms with E-state index >= 15 is 0 Å². The summed E-state index contributed by atoms with van der Waals surface area (Å²) >= 11 is 1.44. The average molecular weight is 592 g/mol. The van der Waals surface area contributed by atoms with E-state index in [1.165, 1.54) is 17.3 Å². The molecule has 0 fully saturated rings. The Hall–Kier alpha value is -4.62. The van der Waals surface area contributed by atoms with Crippen molar-refractivity contribution in [1.29, 1.82) is 0 Å². The summed E-state index contributed by atoms with van der Waals surface area (Å²) in [5.74, 6) is -0.489. The molecule has 0 saturated carbocycles. The summed E-state index contributed by atoms with van der Waals surface area (Å²) in [5.41, 5.74) is 4.90.